The van der Waals surface area contributed by atoms with E-state index in [2.05, 4.69) is 10.4 Å². The number of aryl methyl sites for hydroxylation is 1. The Balaban J connectivity index is 1.69. The van der Waals surface area contributed by atoms with Crippen LogP contribution in [0.4, 0.5) is 9.59 Å². The van der Waals surface area contributed by atoms with Gasteiger partial charge in [-0.2, -0.15) is 5.10 Å². The highest BCUT2D eigenvalue weighted by atomic mass is 16.2. The molecule has 0 spiro atoms. The van der Waals surface area contributed by atoms with Gasteiger partial charge in [0.15, 0.2) is 0 Å². The second-order valence-electron chi connectivity index (χ2n) is 5.75. The molecule has 4 amide bonds. The number of hydrazine groups is 1. The Morgan fingerprint density at radius 2 is 1.78 bits per heavy atom. The van der Waals surface area contributed by atoms with Gasteiger partial charge in [-0.3, -0.25) is 0 Å². The Morgan fingerprint density at radius 1 is 1.04 bits per heavy atom. The molecule has 0 aliphatic carbocycles. The average Bonchev–Trinajstić information content (AvgIpc) is 2.56. The second-order valence-corrected chi connectivity index (χ2v) is 5.75. The van der Waals surface area contributed by atoms with Gasteiger partial charge in [-0.15, -0.1) is 0 Å². The minimum absolute atomic E-state index is 0.214. The third-order valence-corrected chi connectivity index (χ3v) is 3.95. The molecule has 0 atom stereocenters. The lowest BCUT2D eigenvalue weighted by atomic mass is 10.2. The summed E-state index contributed by atoms with van der Waals surface area (Å²) in [6.07, 6.45) is 3.29. The third-order valence-electron chi connectivity index (χ3n) is 3.95. The summed E-state index contributed by atoms with van der Waals surface area (Å²) >= 11 is 0. The predicted octanol–water partition coefficient (Wildman–Crippen LogP) is 1.79. The number of nitrogens with zero attached hydrogens (tertiary/aromatic N) is 4. The molecule has 7 nitrogen and oxygen atoms in total. The molecule has 2 aliphatic heterocycles. The van der Waals surface area contributed by atoms with E-state index in [1.54, 1.807) is 6.21 Å². The Kier molecular flexibility index (Phi) is 4.45. The predicted molar refractivity (Wildman–Crippen MR) is 86.9 cm³/mol. The van der Waals surface area contributed by atoms with Crippen molar-refractivity contribution in [3.8, 4) is 0 Å². The summed E-state index contributed by atoms with van der Waals surface area (Å²) in [7, 11) is 0. The van der Waals surface area contributed by atoms with E-state index in [4.69, 9.17) is 0 Å². The number of hydrogen-bond acceptors (Lipinski definition) is 3. The van der Waals surface area contributed by atoms with Gasteiger partial charge in [-0.05, 0) is 25.3 Å². The number of rotatable bonds is 3. The van der Waals surface area contributed by atoms with Gasteiger partial charge >= 0.3 is 12.1 Å². The molecule has 0 aromatic heterocycles. The summed E-state index contributed by atoms with van der Waals surface area (Å²) in [5.41, 5.74) is 2.12. The molecule has 0 radical (unpaired) electrons. The molecule has 0 bridgehead atoms. The Hall–Kier alpha value is -2.57. The maximum absolute atomic E-state index is 12.6. The highest BCUT2D eigenvalue weighted by molar-refractivity contribution is 5.84. The summed E-state index contributed by atoms with van der Waals surface area (Å²) in [5, 5.41) is 11.5. The van der Waals surface area contributed by atoms with Gasteiger partial charge in [-0.25, -0.2) is 24.6 Å². The van der Waals surface area contributed by atoms with E-state index < -0.39 is 0 Å². The Morgan fingerprint density at radius 3 is 2.52 bits per heavy atom. The second kappa shape index (κ2) is 6.68. The van der Waals surface area contributed by atoms with E-state index in [1.807, 2.05) is 31.2 Å². The third kappa shape index (κ3) is 3.44. The summed E-state index contributed by atoms with van der Waals surface area (Å²) in [4.78, 5) is 24.5. The van der Waals surface area contributed by atoms with Gasteiger partial charge in [0.2, 0.25) is 0 Å². The molecule has 1 aromatic rings. The van der Waals surface area contributed by atoms with Crippen molar-refractivity contribution in [3.05, 3.63) is 35.4 Å². The maximum atomic E-state index is 12.6. The molecule has 0 saturated carbocycles. The van der Waals surface area contributed by atoms with Crippen LogP contribution < -0.4 is 5.32 Å². The van der Waals surface area contributed by atoms with Crippen LogP contribution in [0.2, 0.25) is 0 Å². The highest BCUT2D eigenvalue weighted by Gasteiger charge is 2.33. The first-order valence-corrected chi connectivity index (χ1v) is 7.90. The minimum Gasteiger partial charge on any atom is -0.336 e. The molecule has 23 heavy (non-hydrogen) atoms. The smallest absolute Gasteiger partial charge is 0.336 e. The van der Waals surface area contributed by atoms with Gasteiger partial charge in [-0.1, -0.05) is 29.8 Å². The zero-order valence-electron chi connectivity index (χ0n) is 13.2. The van der Waals surface area contributed by atoms with Crippen molar-refractivity contribution >= 4 is 18.3 Å². The molecule has 122 valence electrons. The molecule has 7 heteroatoms. The number of urea groups is 2. The maximum Gasteiger partial charge on any atom is 0.359 e. The molecular formula is C16H21N5O2. The fourth-order valence-electron chi connectivity index (χ4n) is 2.66. The molecule has 1 aromatic carbocycles. The SMILES string of the molecule is Cc1ccc(/C=N/N2CCCN(N3CCCNC3=O)C2=O)cc1. The fourth-order valence-corrected chi connectivity index (χ4v) is 2.66. The molecule has 0 unspecified atom stereocenters. The van der Waals surface area contributed by atoms with E-state index in [1.165, 1.54) is 20.6 Å². The van der Waals surface area contributed by atoms with Crippen molar-refractivity contribution in [3.63, 3.8) is 0 Å². The van der Waals surface area contributed by atoms with Crippen molar-refractivity contribution < 1.29 is 9.59 Å². The minimum atomic E-state index is -0.253. The van der Waals surface area contributed by atoms with E-state index >= 15 is 0 Å². The van der Waals surface area contributed by atoms with Crippen LogP contribution in [0.15, 0.2) is 29.4 Å². The number of carbonyl (C=O) groups excluding carboxylic acids is 2. The van der Waals surface area contributed by atoms with E-state index in [0.717, 1.165) is 18.4 Å². The molecule has 3 rings (SSSR count). The molecule has 1 N–H and O–H groups in total. The van der Waals surface area contributed by atoms with Gasteiger partial charge in [0.25, 0.3) is 0 Å². The zero-order chi connectivity index (χ0) is 16.2. The number of hydrogen-bond donors (Lipinski definition) is 1. The quantitative estimate of drug-likeness (QED) is 0.864. The van der Waals surface area contributed by atoms with Crippen LogP contribution in [0.25, 0.3) is 0 Å². The van der Waals surface area contributed by atoms with Gasteiger partial charge < -0.3 is 5.32 Å². The van der Waals surface area contributed by atoms with E-state index in [9.17, 15) is 9.59 Å². The van der Waals surface area contributed by atoms with Crippen LogP contribution in [0.1, 0.15) is 24.0 Å². The average molecular weight is 315 g/mol. The summed E-state index contributed by atoms with van der Waals surface area (Å²) in [6.45, 7) is 4.35. The van der Waals surface area contributed by atoms with Gasteiger partial charge in [0.05, 0.1) is 6.21 Å². The van der Waals surface area contributed by atoms with Crippen molar-refractivity contribution in [2.24, 2.45) is 5.10 Å². The lowest BCUT2D eigenvalue weighted by Gasteiger charge is -2.41. The molecular weight excluding hydrogens is 294 g/mol. The first-order valence-electron chi connectivity index (χ1n) is 7.90. The van der Waals surface area contributed by atoms with Crippen LogP contribution in [0, 0.1) is 6.92 Å². The molecule has 2 heterocycles. The van der Waals surface area contributed by atoms with E-state index in [0.29, 0.717) is 26.2 Å². The number of hydrazone groups is 1. The van der Waals surface area contributed by atoms with Crippen molar-refractivity contribution in [1.29, 1.82) is 0 Å². The summed E-state index contributed by atoms with van der Waals surface area (Å²) in [6, 6.07) is 7.46. The molecule has 2 fully saturated rings. The first-order chi connectivity index (χ1) is 11.1. The normalized spacial score (nSPS) is 19.4. The largest absolute Gasteiger partial charge is 0.359 e. The van der Waals surface area contributed by atoms with Crippen LogP contribution >= 0.6 is 0 Å². The topological polar surface area (TPSA) is 68.2 Å². The Labute approximate surface area is 135 Å². The Bertz CT molecular complexity index is 613. The van der Waals surface area contributed by atoms with Crippen molar-refractivity contribution in [1.82, 2.24) is 20.3 Å². The number of carbonyl (C=O) groups is 2. The van der Waals surface area contributed by atoms with Crippen molar-refractivity contribution in [2.75, 3.05) is 26.2 Å². The molecule has 2 saturated heterocycles. The lowest BCUT2D eigenvalue weighted by molar-refractivity contribution is 0.00469. The van der Waals surface area contributed by atoms with Gasteiger partial charge in [0.1, 0.15) is 0 Å². The van der Waals surface area contributed by atoms with Gasteiger partial charge in [0, 0.05) is 26.2 Å². The number of nitrogens with one attached hydrogen (secondary N) is 1. The van der Waals surface area contributed by atoms with E-state index in [-0.39, 0.29) is 12.1 Å². The number of benzene rings is 1. The zero-order valence-corrected chi connectivity index (χ0v) is 13.2. The van der Waals surface area contributed by atoms with Crippen LogP contribution in [-0.2, 0) is 0 Å². The number of amides is 4. The monoisotopic (exact) mass is 315 g/mol. The van der Waals surface area contributed by atoms with Crippen LogP contribution in [-0.4, -0.2) is 59.5 Å². The molecule has 2 aliphatic rings. The van der Waals surface area contributed by atoms with Crippen LogP contribution in [0.5, 0.6) is 0 Å². The van der Waals surface area contributed by atoms with Crippen molar-refractivity contribution in [2.45, 2.75) is 19.8 Å². The first kappa shape index (κ1) is 15.3. The van der Waals surface area contributed by atoms with Crippen LogP contribution in [0.3, 0.4) is 0 Å². The highest BCUT2D eigenvalue weighted by Crippen LogP contribution is 2.15. The standard InChI is InChI=1S/C16H21N5O2/c1-13-4-6-14(7-5-13)12-18-19-9-3-11-21(16(19)23)20-10-2-8-17-15(20)22/h4-7,12H,2-3,8-11H2,1H3,(H,17,22)/b18-12+. The summed E-state index contributed by atoms with van der Waals surface area (Å²) < 4.78 is 0. The summed E-state index contributed by atoms with van der Waals surface area (Å²) in [5.74, 6) is 0. The lowest BCUT2D eigenvalue weighted by Crippen LogP contribution is -2.61. The fraction of sp³-hybridized carbons (Fsp3) is 0.438.